The van der Waals surface area contributed by atoms with E-state index in [1.165, 1.54) is 0 Å². The molecule has 2 aromatic rings. The highest BCUT2D eigenvalue weighted by Crippen LogP contribution is 2.27. The number of nitrogens with zero attached hydrogens (tertiary/aromatic N) is 4. The summed E-state index contributed by atoms with van der Waals surface area (Å²) in [6.45, 7) is 8.43. The van der Waals surface area contributed by atoms with Crippen molar-refractivity contribution in [3.8, 4) is 11.3 Å². The zero-order chi connectivity index (χ0) is 18.9. The Labute approximate surface area is 154 Å². The third-order valence-corrected chi connectivity index (χ3v) is 7.32. The van der Waals surface area contributed by atoms with Gasteiger partial charge in [0.1, 0.15) is 12.1 Å². The number of rotatable bonds is 5. The molecule has 1 aliphatic heterocycles. The lowest BCUT2D eigenvalue weighted by Gasteiger charge is -2.32. The Kier molecular flexibility index (Phi) is 5.43. The minimum absolute atomic E-state index is 0.362. The molecule has 0 N–H and O–H groups in total. The quantitative estimate of drug-likeness (QED) is 0.795. The van der Waals surface area contributed by atoms with Gasteiger partial charge in [-0.05, 0) is 58.9 Å². The standard InChI is InChI=1S/C18H26N4O3S/c1-12(2)26(23,24)22-7-5-15(6-8-22)9-16-10-17(20-11-19-16)18-13(3)21-25-14(18)4/h10-12,15H,5-9H2,1-4H3. The summed E-state index contributed by atoms with van der Waals surface area (Å²) in [5.41, 5.74) is 3.54. The zero-order valence-electron chi connectivity index (χ0n) is 15.8. The molecule has 26 heavy (non-hydrogen) atoms. The molecule has 2 aromatic heterocycles. The van der Waals surface area contributed by atoms with Crippen LogP contribution in [0, 0.1) is 19.8 Å². The molecule has 0 saturated carbocycles. The van der Waals surface area contributed by atoms with Gasteiger partial charge in [0.2, 0.25) is 10.0 Å². The van der Waals surface area contributed by atoms with Crippen LogP contribution in [0.4, 0.5) is 0 Å². The molecule has 1 fully saturated rings. The number of hydrogen-bond donors (Lipinski definition) is 0. The fraction of sp³-hybridized carbons (Fsp3) is 0.611. The minimum atomic E-state index is -3.15. The van der Waals surface area contributed by atoms with Gasteiger partial charge < -0.3 is 4.52 Å². The fourth-order valence-electron chi connectivity index (χ4n) is 3.46. The van der Waals surface area contributed by atoms with Crippen molar-refractivity contribution in [2.75, 3.05) is 13.1 Å². The normalized spacial score (nSPS) is 17.1. The van der Waals surface area contributed by atoms with Gasteiger partial charge in [0.15, 0.2) is 0 Å². The fourth-order valence-corrected chi connectivity index (χ4v) is 4.77. The third kappa shape index (κ3) is 3.81. The Balaban J connectivity index is 1.67. The summed E-state index contributed by atoms with van der Waals surface area (Å²) in [6, 6.07) is 1.99. The Morgan fingerprint density at radius 1 is 1.23 bits per heavy atom. The van der Waals surface area contributed by atoms with Crippen molar-refractivity contribution in [3.05, 3.63) is 29.5 Å². The number of aryl methyl sites for hydroxylation is 2. The number of sulfonamides is 1. The second-order valence-electron chi connectivity index (χ2n) is 7.23. The van der Waals surface area contributed by atoms with Crippen LogP contribution in [-0.2, 0) is 16.4 Å². The van der Waals surface area contributed by atoms with Gasteiger partial charge in [-0.25, -0.2) is 22.7 Å². The van der Waals surface area contributed by atoms with Crippen LogP contribution >= 0.6 is 0 Å². The van der Waals surface area contributed by atoms with Gasteiger partial charge in [0.25, 0.3) is 0 Å². The molecule has 1 aliphatic rings. The molecule has 0 aromatic carbocycles. The van der Waals surface area contributed by atoms with Crippen molar-refractivity contribution in [2.45, 2.75) is 52.2 Å². The number of aromatic nitrogens is 3. The molecule has 7 nitrogen and oxygen atoms in total. The van der Waals surface area contributed by atoms with E-state index in [1.807, 2.05) is 19.9 Å². The molecule has 1 saturated heterocycles. The highest BCUT2D eigenvalue weighted by atomic mass is 32.2. The molecule has 0 aliphatic carbocycles. The maximum Gasteiger partial charge on any atom is 0.216 e. The van der Waals surface area contributed by atoms with E-state index >= 15 is 0 Å². The zero-order valence-corrected chi connectivity index (χ0v) is 16.6. The van der Waals surface area contributed by atoms with Crippen LogP contribution in [0.25, 0.3) is 11.3 Å². The highest BCUT2D eigenvalue weighted by Gasteiger charge is 2.30. The molecule has 0 bridgehead atoms. The lowest BCUT2D eigenvalue weighted by molar-refractivity contribution is 0.270. The molecule has 8 heteroatoms. The lowest BCUT2D eigenvalue weighted by Crippen LogP contribution is -2.42. The Morgan fingerprint density at radius 3 is 2.50 bits per heavy atom. The second kappa shape index (κ2) is 7.44. The first-order valence-electron chi connectivity index (χ1n) is 9.02. The van der Waals surface area contributed by atoms with Crippen LogP contribution in [0.2, 0.25) is 0 Å². The van der Waals surface area contributed by atoms with E-state index in [-0.39, 0.29) is 5.25 Å². The van der Waals surface area contributed by atoms with Gasteiger partial charge in [0, 0.05) is 18.8 Å². The summed E-state index contributed by atoms with van der Waals surface area (Å²) in [5, 5.41) is 3.62. The van der Waals surface area contributed by atoms with Crippen LogP contribution in [0.3, 0.4) is 0 Å². The van der Waals surface area contributed by atoms with Gasteiger partial charge in [0.05, 0.1) is 22.2 Å². The maximum atomic E-state index is 12.3. The smallest absolute Gasteiger partial charge is 0.216 e. The Morgan fingerprint density at radius 2 is 1.92 bits per heavy atom. The monoisotopic (exact) mass is 378 g/mol. The number of piperidine rings is 1. The van der Waals surface area contributed by atoms with E-state index in [0.717, 1.165) is 47.7 Å². The number of hydrogen-bond acceptors (Lipinski definition) is 6. The summed E-state index contributed by atoms with van der Waals surface area (Å²) in [4.78, 5) is 8.77. The molecule has 0 unspecified atom stereocenters. The predicted molar refractivity (Wildman–Crippen MR) is 99.1 cm³/mol. The summed E-state index contributed by atoms with van der Waals surface area (Å²) in [6.07, 6.45) is 4.12. The van der Waals surface area contributed by atoms with Gasteiger partial charge in [-0.3, -0.25) is 0 Å². The van der Waals surface area contributed by atoms with Crippen LogP contribution in [0.15, 0.2) is 16.9 Å². The predicted octanol–water partition coefficient (Wildman–Crippen LogP) is 2.74. The SMILES string of the molecule is Cc1noc(C)c1-c1cc(CC2CCN(S(=O)(=O)C(C)C)CC2)ncn1. The van der Waals surface area contributed by atoms with Crippen LogP contribution in [0.5, 0.6) is 0 Å². The van der Waals surface area contributed by atoms with E-state index in [9.17, 15) is 8.42 Å². The van der Waals surface area contributed by atoms with Gasteiger partial charge in [-0.2, -0.15) is 0 Å². The summed E-state index contributed by atoms with van der Waals surface area (Å²) in [5.74, 6) is 1.18. The third-order valence-electron chi connectivity index (χ3n) is 5.04. The van der Waals surface area contributed by atoms with Crippen LogP contribution in [-0.4, -0.2) is 46.2 Å². The van der Waals surface area contributed by atoms with Crippen molar-refractivity contribution in [1.29, 1.82) is 0 Å². The minimum Gasteiger partial charge on any atom is -0.361 e. The largest absolute Gasteiger partial charge is 0.361 e. The van der Waals surface area contributed by atoms with E-state index in [2.05, 4.69) is 15.1 Å². The average Bonchev–Trinajstić information content (AvgIpc) is 2.94. The molecule has 3 heterocycles. The summed E-state index contributed by atoms with van der Waals surface area (Å²) < 4.78 is 31.4. The van der Waals surface area contributed by atoms with Crippen molar-refractivity contribution in [2.24, 2.45) is 5.92 Å². The van der Waals surface area contributed by atoms with Crippen molar-refractivity contribution >= 4 is 10.0 Å². The molecule has 0 spiro atoms. The van der Waals surface area contributed by atoms with Crippen molar-refractivity contribution in [3.63, 3.8) is 0 Å². The van der Waals surface area contributed by atoms with E-state index in [1.54, 1.807) is 24.5 Å². The summed E-state index contributed by atoms with van der Waals surface area (Å²) in [7, 11) is -3.15. The Bertz CT molecular complexity index is 849. The molecular weight excluding hydrogens is 352 g/mol. The highest BCUT2D eigenvalue weighted by molar-refractivity contribution is 7.89. The summed E-state index contributed by atoms with van der Waals surface area (Å²) >= 11 is 0. The van der Waals surface area contributed by atoms with Crippen molar-refractivity contribution in [1.82, 2.24) is 19.4 Å². The van der Waals surface area contributed by atoms with E-state index < -0.39 is 10.0 Å². The van der Waals surface area contributed by atoms with E-state index in [4.69, 9.17) is 4.52 Å². The Hall–Kier alpha value is -1.80. The maximum absolute atomic E-state index is 12.3. The average molecular weight is 378 g/mol. The van der Waals surface area contributed by atoms with Gasteiger partial charge in [-0.15, -0.1) is 0 Å². The topological polar surface area (TPSA) is 89.2 Å². The van der Waals surface area contributed by atoms with Crippen LogP contribution in [0.1, 0.15) is 43.8 Å². The molecule has 0 radical (unpaired) electrons. The van der Waals surface area contributed by atoms with Crippen molar-refractivity contribution < 1.29 is 12.9 Å². The van der Waals surface area contributed by atoms with Crippen LogP contribution < -0.4 is 0 Å². The molecule has 3 rings (SSSR count). The first kappa shape index (κ1) is 19.0. The molecule has 0 amide bonds. The first-order valence-corrected chi connectivity index (χ1v) is 10.5. The molecule has 142 valence electrons. The molecule has 0 atom stereocenters. The van der Waals surface area contributed by atoms with Gasteiger partial charge >= 0.3 is 0 Å². The lowest BCUT2D eigenvalue weighted by atomic mass is 9.92. The first-order chi connectivity index (χ1) is 12.3. The van der Waals surface area contributed by atoms with Gasteiger partial charge in [-0.1, -0.05) is 5.16 Å². The second-order valence-corrected chi connectivity index (χ2v) is 9.72. The molecular formula is C18H26N4O3S. The van der Waals surface area contributed by atoms with E-state index in [0.29, 0.717) is 19.0 Å².